The first-order valence-electron chi connectivity index (χ1n) is 7.51. The molecule has 3 unspecified atom stereocenters. The summed E-state index contributed by atoms with van der Waals surface area (Å²) >= 11 is 0. The molecular formula is C14H27N3O. The number of hydrogen-bond donors (Lipinski definition) is 3. The van der Waals surface area contributed by atoms with Crippen molar-refractivity contribution in [3.8, 4) is 0 Å². The van der Waals surface area contributed by atoms with Gasteiger partial charge in [-0.1, -0.05) is 19.3 Å². The highest BCUT2D eigenvalue weighted by Crippen LogP contribution is 2.28. The van der Waals surface area contributed by atoms with Gasteiger partial charge in [-0.3, -0.25) is 4.79 Å². The second kappa shape index (κ2) is 7.10. The minimum absolute atomic E-state index is 0.140. The molecule has 2 fully saturated rings. The maximum absolute atomic E-state index is 11.6. The number of hydrogen-bond acceptors (Lipinski definition) is 3. The van der Waals surface area contributed by atoms with Gasteiger partial charge in [0.05, 0.1) is 6.54 Å². The Balaban J connectivity index is 1.90. The van der Waals surface area contributed by atoms with Gasteiger partial charge in [0, 0.05) is 18.6 Å². The molecule has 0 spiro atoms. The van der Waals surface area contributed by atoms with Gasteiger partial charge in [-0.25, -0.2) is 0 Å². The van der Waals surface area contributed by atoms with E-state index >= 15 is 0 Å². The van der Waals surface area contributed by atoms with E-state index in [9.17, 15) is 4.79 Å². The van der Waals surface area contributed by atoms with Gasteiger partial charge in [-0.15, -0.1) is 0 Å². The lowest BCUT2D eigenvalue weighted by molar-refractivity contribution is -0.120. The van der Waals surface area contributed by atoms with Gasteiger partial charge < -0.3 is 16.4 Å². The predicted molar refractivity (Wildman–Crippen MR) is 73.2 cm³/mol. The summed E-state index contributed by atoms with van der Waals surface area (Å²) in [4.78, 5) is 11.6. The minimum Gasteiger partial charge on any atom is -0.355 e. The van der Waals surface area contributed by atoms with Crippen LogP contribution in [0.5, 0.6) is 0 Å². The monoisotopic (exact) mass is 253 g/mol. The fourth-order valence-corrected chi connectivity index (χ4v) is 3.25. The molecule has 0 aromatic rings. The van der Waals surface area contributed by atoms with E-state index in [1.807, 2.05) is 0 Å². The number of rotatable bonds is 0. The SMILES string of the molecule is NC1CCCCCNC(=O)CNC2CCCC1C2. The first-order chi connectivity index (χ1) is 8.75. The fourth-order valence-electron chi connectivity index (χ4n) is 3.25. The summed E-state index contributed by atoms with van der Waals surface area (Å²) < 4.78 is 0. The molecule has 4 nitrogen and oxygen atoms in total. The Kier molecular flexibility index (Phi) is 5.45. The van der Waals surface area contributed by atoms with Gasteiger partial charge in [0.25, 0.3) is 0 Å². The van der Waals surface area contributed by atoms with Crippen LogP contribution in [0.15, 0.2) is 0 Å². The van der Waals surface area contributed by atoms with Gasteiger partial charge in [-0.05, 0) is 38.0 Å². The van der Waals surface area contributed by atoms with E-state index in [4.69, 9.17) is 5.73 Å². The van der Waals surface area contributed by atoms with E-state index in [1.165, 1.54) is 32.1 Å². The Morgan fingerprint density at radius 2 is 1.94 bits per heavy atom. The van der Waals surface area contributed by atoms with Gasteiger partial charge in [-0.2, -0.15) is 0 Å². The third-order valence-electron chi connectivity index (χ3n) is 4.41. The zero-order valence-electron chi connectivity index (χ0n) is 11.3. The molecule has 4 heteroatoms. The Bertz CT molecular complexity index is 270. The number of fused-ring (bicyclic) bond motifs is 2. The smallest absolute Gasteiger partial charge is 0.233 e. The average molecular weight is 253 g/mol. The van der Waals surface area contributed by atoms with E-state index in [-0.39, 0.29) is 5.91 Å². The summed E-state index contributed by atoms with van der Waals surface area (Å²) in [7, 11) is 0. The Labute approximate surface area is 110 Å². The second-order valence-electron chi connectivity index (χ2n) is 5.87. The third kappa shape index (κ3) is 4.25. The fraction of sp³-hybridized carbons (Fsp3) is 0.929. The van der Waals surface area contributed by atoms with Gasteiger partial charge in [0.15, 0.2) is 0 Å². The molecule has 1 saturated heterocycles. The summed E-state index contributed by atoms with van der Waals surface area (Å²) in [5, 5.41) is 6.37. The highest BCUT2D eigenvalue weighted by Gasteiger charge is 2.26. The molecule has 0 radical (unpaired) electrons. The largest absolute Gasteiger partial charge is 0.355 e. The van der Waals surface area contributed by atoms with Gasteiger partial charge in [0.2, 0.25) is 5.91 Å². The van der Waals surface area contributed by atoms with Gasteiger partial charge >= 0.3 is 0 Å². The molecule has 3 atom stereocenters. The van der Waals surface area contributed by atoms with Gasteiger partial charge in [0.1, 0.15) is 0 Å². The van der Waals surface area contributed by atoms with Crippen LogP contribution in [-0.4, -0.2) is 31.1 Å². The lowest BCUT2D eigenvalue weighted by atomic mass is 9.80. The summed E-state index contributed by atoms with van der Waals surface area (Å²) in [5.41, 5.74) is 6.32. The van der Waals surface area contributed by atoms with Crippen molar-refractivity contribution < 1.29 is 4.79 Å². The molecule has 1 aliphatic carbocycles. The molecule has 104 valence electrons. The molecule has 4 N–H and O–H groups in total. The molecule has 1 saturated carbocycles. The van der Waals surface area contributed by atoms with E-state index in [1.54, 1.807) is 0 Å². The first kappa shape index (κ1) is 13.8. The third-order valence-corrected chi connectivity index (χ3v) is 4.41. The average Bonchev–Trinajstić information content (AvgIpc) is 2.40. The maximum Gasteiger partial charge on any atom is 0.233 e. The molecule has 1 aliphatic heterocycles. The van der Waals surface area contributed by atoms with Crippen LogP contribution in [0.3, 0.4) is 0 Å². The van der Waals surface area contributed by atoms with Crippen molar-refractivity contribution in [2.75, 3.05) is 13.1 Å². The number of carbonyl (C=O) groups excluding carboxylic acids is 1. The Hall–Kier alpha value is -0.610. The van der Waals surface area contributed by atoms with Crippen molar-refractivity contribution in [1.29, 1.82) is 0 Å². The second-order valence-corrected chi connectivity index (χ2v) is 5.87. The van der Waals surface area contributed by atoms with Crippen molar-refractivity contribution in [2.24, 2.45) is 11.7 Å². The lowest BCUT2D eigenvalue weighted by Crippen LogP contribution is -2.44. The quantitative estimate of drug-likeness (QED) is 0.607. The highest BCUT2D eigenvalue weighted by atomic mass is 16.1. The standard InChI is InChI=1S/C14H27N3O/c15-13-7-2-1-3-8-16-14(18)10-17-12-6-4-5-11(13)9-12/h11-13,17H,1-10,15H2,(H,16,18). The van der Waals surface area contributed by atoms with Crippen molar-refractivity contribution in [2.45, 2.75) is 63.5 Å². The number of nitrogens with two attached hydrogens (primary N) is 1. The molecule has 18 heavy (non-hydrogen) atoms. The molecule has 2 aliphatic rings. The van der Waals surface area contributed by atoms with E-state index in [0.29, 0.717) is 24.5 Å². The molecule has 2 rings (SSSR count). The molecular weight excluding hydrogens is 226 g/mol. The van der Waals surface area contributed by atoms with Crippen LogP contribution in [0.4, 0.5) is 0 Å². The van der Waals surface area contributed by atoms with Crippen molar-refractivity contribution in [1.82, 2.24) is 10.6 Å². The molecule has 0 aromatic carbocycles. The van der Waals surface area contributed by atoms with Crippen LogP contribution in [0.25, 0.3) is 0 Å². The van der Waals surface area contributed by atoms with E-state index in [2.05, 4.69) is 10.6 Å². The number of carbonyl (C=O) groups is 1. The highest BCUT2D eigenvalue weighted by molar-refractivity contribution is 5.77. The van der Waals surface area contributed by atoms with Crippen LogP contribution in [0.1, 0.15) is 51.4 Å². The van der Waals surface area contributed by atoms with Crippen LogP contribution in [-0.2, 0) is 4.79 Å². The molecule has 2 bridgehead atoms. The van der Waals surface area contributed by atoms with Crippen molar-refractivity contribution >= 4 is 5.91 Å². The van der Waals surface area contributed by atoms with Crippen LogP contribution in [0.2, 0.25) is 0 Å². The van der Waals surface area contributed by atoms with Crippen molar-refractivity contribution in [3.05, 3.63) is 0 Å². The summed E-state index contributed by atoms with van der Waals surface area (Å²) in [6, 6.07) is 0.848. The zero-order valence-corrected chi connectivity index (χ0v) is 11.3. The summed E-state index contributed by atoms with van der Waals surface area (Å²) in [6.07, 6.45) is 9.45. The number of amides is 1. The summed E-state index contributed by atoms with van der Waals surface area (Å²) in [5.74, 6) is 0.792. The number of nitrogens with one attached hydrogen (secondary N) is 2. The topological polar surface area (TPSA) is 67.1 Å². The van der Waals surface area contributed by atoms with Crippen LogP contribution >= 0.6 is 0 Å². The predicted octanol–water partition coefficient (Wildman–Crippen LogP) is 1.15. The Morgan fingerprint density at radius 1 is 1.06 bits per heavy atom. The lowest BCUT2D eigenvalue weighted by Gasteiger charge is -2.33. The van der Waals surface area contributed by atoms with Crippen LogP contribution < -0.4 is 16.4 Å². The molecule has 1 amide bonds. The van der Waals surface area contributed by atoms with Crippen molar-refractivity contribution in [3.63, 3.8) is 0 Å². The molecule has 0 aromatic heterocycles. The first-order valence-corrected chi connectivity index (χ1v) is 7.51. The van der Waals surface area contributed by atoms with E-state index in [0.717, 1.165) is 25.8 Å². The zero-order chi connectivity index (χ0) is 12.8. The van der Waals surface area contributed by atoms with Crippen LogP contribution in [0, 0.1) is 5.92 Å². The normalized spacial score (nSPS) is 35.8. The van der Waals surface area contributed by atoms with E-state index < -0.39 is 0 Å². The molecule has 1 heterocycles. The summed E-state index contributed by atoms with van der Waals surface area (Å²) in [6.45, 7) is 1.27. The Morgan fingerprint density at radius 3 is 2.83 bits per heavy atom. The minimum atomic E-state index is 0.140. The maximum atomic E-state index is 11.6.